The maximum atomic E-state index is 14.9. The first kappa shape index (κ1) is 24.1. The largest absolute Gasteiger partial charge is 0.494 e. The van der Waals surface area contributed by atoms with Crippen LogP contribution in [0.1, 0.15) is 11.4 Å². The molecule has 0 aliphatic carbocycles. The van der Waals surface area contributed by atoms with Gasteiger partial charge in [0.25, 0.3) is 0 Å². The highest BCUT2D eigenvalue weighted by atomic mass is 35.5. The van der Waals surface area contributed by atoms with E-state index in [0.29, 0.717) is 36.9 Å². The summed E-state index contributed by atoms with van der Waals surface area (Å²) in [4.78, 5) is 6.10. The van der Waals surface area contributed by atoms with Crippen LogP contribution in [0, 0.1) is 17.0 Å². The molecule has 0 N–H and O–H groups in total. The fraction of sp³-hybridized carbons (Fsp3) is 0.462. The molecule has 3 aromatic rings. The van der Waals surface area contributed by atoms with Crippen LogP contribution in [0.3, 0.4) is 0 Å². The molecule has 38 heavy (non-hydrogen) atoms. The Morgan fingerprint density at radius 1 is 0.974 bits per heavy atom. The van der Waals surface area contributed by atoms with E-state index in [-0.39, 0.29) is 30.9 Å². The van der Waals surface area contributed by atoms with Crippen LogP contribution in [0.4, 0.5) is 24.8 Å². The average molecular weight is 547 g/mol. The third-order valence-corrected chi connectivity index (χ3v) is 8.17. The predicted octanol–water partition coefficient (Wildman–Crippen LogP) is 3.59. The number of fused-ring (bicyclic) bond motifs is 3. The van der Waals surface area contributed by atoms with Crippen LogP contribution in [0.5, 0.6) is 5.75 Å². The SMILES string of the molecule is COc1cc(N2CC3(C2)CN(c2nnc4n2-c2ccc(Cl)cc2CN(CC2(F)COC2)C4)C3)c(F)cc1F. The van der Waals surface area contributed by atoms with Crippen LogP contribution in [-0.4, -0.2) is 78.4 Å². The molecule has 200 valence electrons. The quantitative estimate of drug-likeness (QED) is 0.485. The second kappa shape index (κ2) is 8.49. The van der Waals surface area contributed by atoms with Crippen molar-refractivity contribution in [1.82, 2.24) is 19.7 Å². The van der Waals surface area contributed by atoms with Crippen LogP contribution in [-0.2, 0) is 17.8 Å². The van der Waals surface area contributed by atoms with Crippen molar-refractivity contribution in [3.63, 3.8) is 0 Å². The molecule has 3 fully saturated rings. The van der Waals surface area contributed by atoms with Gasteiger partial charge in [-0.05, 0) is 23.8 Å². The van der Waals surface area contributed by atoms with Gasteiger partial charge in [0.2, 0.25) is 5.95 Å². The van der Waals surface area contributed by atoms with Crippen molar-refractivity contribution in [3.05, 3.63) is 58.4 Å². The van der Waals surface area contributed by atoms with E-state index in [1.54, 1.807) is 0 Å². The van der Waals surface area contributed by atoms with Crippen LogP contribution < -0.4 is 14.5 Å². The van der Waals surface area contributed by atoms with E-state index < -0.39 is 17.3 Å². The molecule has 12 heteroatoms. The zero-order valence-corrected chi connectivity index (χ0v) is 21.5. The second-order valence-electron chi connectivity index (χ2n) is 11.0. The molecule has 0 atom stereocenters. The van der Waals surface area contributed by atoms with Gasteiger partial charge in [-0.15, -0.1) is 10.2 Å². The van der Waals surface area contributed by atoms with Crippen molar-refractivity contribution in [2.24, 2.45) is 5.41 Å². The van der Waals surface area contributed by atoms with E-state index in [0.717, 1.165) is 42.2 Å². The van der Waals surface area contributed by atoms with Crippen molar-refractivity contribution in [2.45, 2.75) is 18.8 Å². The number of hydrogen-bond acceptors (Lipinski definition) is 7. The zero-order valence-electron chi connectivity index (χ0n) is 20.8. The summed E-state index contributed by atoms with van der Waals surface area (Å²) in [5.41, 5.74) is 0.889. The number of nitrogens with zero attached hydrogens (tertiary/aromatic N) is 6. The first-order valence-corrected chi connectivity index (χ1v) is 12.9. The molecular formula is C26H26ClF3N6O2. The van der Waals surface area contributed by atoms with E-state index in [1.807, 2.05) is 32.6 Å². The van der Waals surface area contributed by atoms with Gasteiger partial charge in [-0.3, -0.25) is 9.47 Å². The first-order chi connectivity index (χ1) is 18.2. The van der Waals surface area contributed by atoms with Crippen LogP contribution in [0.25, 0.3) is 5.69 Å². The summed E-state index contributed by atoms with van der Waals surface area (Å²) in [6.45, 7) is 4.20. The molecule has 8 nitrogen and oxygen atoms in total. The monoisotopic (exact) mass is 546 g/mol. The minimum Gasteiger partial charge on any atom is -0.494 e. The number of aromatic nitrogens is 3. The van der Waals surface area contributed by atoms with Gasteiger partial charge in [0.15, 0.2) is 23.1 Å². The second-order valence-corrected chi connectivity index (χ2v) is 11.4. The molecular weight excluding hydrogens is 521 g/mol. The standard InChI is InChI=1S/C26H26ClF3N6O2/c1-37-22-6-21(18(28)5-19(22)29)34-9-25(10-34)11-35(12-25)24-32-31-23-8-33(13-26(30)14-38-15-26)7-16-4-17(27)2-3-20(16)36(23)24/h2-6H,7-15H2,1H3. The predicted molar refractivity (Wildman–Crippen MR) is 135 cm³/mol. The van der Waals surface area contributed by atoms with Gasteiger partial charge in [0.05, 0.1) is 38.2 Å². The van der Waals surface area contributed by atoms with E-state index in [9.17, 15) is 13.2 Å². The van der Waals surface area contributed by atoms with Gasteiger partial charge >= 0.3 is 0 Å². The number of ether oxygens (including phenoxy) is 2. The molecule has 4 aliphatic rings. The lowest BCUT2D eigenvalue weighted by molar-refractivity contribution is -0.142. The number of anilines is 2. The van der Waals surface area contributed by atoms with Gasteiger partial charge in [-0.2, -0.15) is 0 Å². The maximum Gasteiger partial charge on any atom is 0.231 e. The normalized spacial score (nSPS) is 21.2. The molecule has 0 amide bonds. The molecule has 0 saturated carbocycles. The summed E-state index contributed by atoms with van der Waals surface area (Å²) in [5.74, 6) is 0.183. The summed E-state index contributed by atoms with van der Waals surface area (Å²) in [6, 6.07) is 8.00. The van der Waals surface area contributed by atoms with E-state index in [1.165, 1.54) is 13.2 Å². The van der Waals surface area contributed by atoms with Gasteiger partial charge in [-0.25, -0.2) is 13.2 Å². The number of alkyl halides is 1. The van der Waals surface area contributed by atoms with Gasteiger partial charge in [-0.1, -0.05) is 11.6 Å². The number of rotatable bonds is 5. The van der Waals surface area contributed by atoms with Crippen molar-refractivity contribution >= 4 is 23.2 Å². The first-order valence-electron chi connectivity index (χ1n) is 12.5. The Labute approximate surface area is 222 Å². The lowest BCUT2D eigenvalue weighted by Crippen LogP contribution is -2.73. The fourth-order valence-corrected chi connectivity index (χ4v) is 6.33. The highest BCUT2D eigenvalue weighted by molar-refractivity contribution is 6.30. The van der Waals surface area contributed by atoms with Gasteiger partial charge in [0.1, 0.15) is 5.82 Å². The minimum atomic E-state index is -1.36. The third-order valence-electron chi connectivity index (χ3n) is 7.93. The van der Waals surface area contributed by atoms with Gasteiger partial charge < -0.3 is 19.3 Å². The van der Waals surface area contributed by atoms with Crippen molar-refractivity contribution < 1.29 is 22.6 Å². The Balaban J connectivity index is 1.11. The number of methoxy groups -OCH3 is 1. The van der Waals surface area contributed by atoms with E-state index in [2.05, 4.69) is 15.1 Å². The Morgan fingerprint density at radius 2 is 1.74 bits per heavy atom. The summed E-state index contributed by atoms with van der Waals surface area (Å²) in [6.07, 6.45) is 0. The zero-order chi connectivity index (χ0) is 26.2. The lowest BCUT2D eigenvalue weighted by Gasteiger charge is -2.61. The molecule has 1 spiro atoms. The molecule has 2 aromatic carbocycles. The summed E-state index contributed by atoms with van der Waals surface area (Å²) < 4.78 is 55.4. The van der Waals surface area contributed by atoms with Crippen LogP contribution in [0.15, 0.2) is 30.3 Å². The molecule has 5 heterocycles. The molecule has 4 aliphatic heterocycles. The van der Waals surface area contributed by atoms with E-state index >= 15 is 0 Å². The smallest absolute Gasteiger partial charge is 0.231 e. The Bertz CT molecular complexity index is 1420. The molecule has 0 unspecified atom stereocenters. The number of hydrogen-bond donors (Lipinski definition) is 0. The molecule has 0 radical (unpaired) electrons. The number of benzene rings is 2. The van der Waals surface area contributed by atoms with Crippen LogP contribution in [0.2, 0.25) is 5.02 Å². The topological polar surface area (TPSA) is 58.9 Å². The highest BCUT2D eigenvalue weighted by Crippen LogP contribution is 2.45. The third kappa shape index (κ3) is 3.82. The molecule has 1 aromatic heterocycles. The number of halogens is 4. The minimum absolute atomic E-state index is 0.00905. The molecule has 7 rings (SSSR count). The van der Waals surface area contributed by atoms with Crippen molar-refractivity contribution in [2.75, 3.05) is 62.8 Å². The van der Waals surface area contributed by atoms with Crippen molar-refractivity contribution in [3.8, 4) is 11.4 Å². The lowest BCUT2D eigenvalue weighted by atomic mass is 9.72. The van der Waals surface area contributed by atoms with Crippen molar-refractivity contribution in [1.29, 1.82) is 0 Å². The van der Waals surface area contributed by atoms with Crippen LogP contribution >= 0.6 is 11.6 Å². The Kier molecular flexibility index (Phi) is 5.37. The van der Waals surface area contributed by atoms with Gasteiger partial charge in [0, 0.05) is 61.8 Å². The Hall–Kier alpha value is -3.02. The average Bonchev–Trinajstić information content (AvgIpc) is 3.13. The maximum absolute atomic E-state index is 14.9. The molecule has 3 saturated heterocycles. The fourth-order valence-electron chi connectivity index (χ4n) is 6.14. The molecule has 0 bridgehead atoms. The van der Waals surface area contributed by atoms with E-state index in [4.69, 9.17) is 21.1 Å². The Morgan fingerprint density at radius 3 is 2.45 bits per heavy atom. The summed E-state index contributed by atoms with van der Waals surface area (Å²) >= 11 is 6.33. The highest BCUT2D eigenvalue weighted by Gasteiger charge is 2.54. The summed E-state index contributed by atoms with van der Waals surface area (Å²) in [7, 11) is 1.37. The summed E-state index contributed by atoms with van der Waals surface area (Å²) in [5, 5.41) is 9.63.